The molecular weight excluding hydrogens is 323 g/mol. The third-order valence-corrected chi connectivity index (χ3v) is 6.20. The Morgan fingerprint density at radius 3 is 2.79 bits per heavy atom. The number of amides is 1. The molecule has 4 rings (SSSR count). The summed E-state index contributed by atoms with van der Waals surface area (Å²) in [6.45, 7) is 3.68. The van der Waals surface area contributed by atoms with Crippen molar-refractivity contribution in [3.8, 4) is 0 Å². The second-order valence-electron chi connectivity index (χ2n) is 6.62. The molecule has 0 spiro atoms. The van der Waals surface area contributed by atoms with Crippen molar-refractivity contribution in [1.29, 1.82) is 0 Å². The summed E-state index contributed by atoms with van der Waals surface area (Å²) < 4.78 is 13.3. The molecule has 1 fully saturated rings. The van der Waals surface area contributed by atoms with Crippen LogP contribution in [0.2, 0.25) is 0 Å². The van der Waals surface area contributed by atoms with Crippen LogP contribution in [0, 0.1) is 5.82 Å². The van der Waals surface area contributed by atoms with Crippen LogP contribution in [0.4, 0.5) is 4.39 Å². The maximum atomic E-state index is 13.3. The molecule has 0 N–H and O–H groups in total. The number of fused-ring (bicyclic) bond motifs is 1. The highest BCUT2D eigenvalue weighted by Gasteiger charge is 2.29. The number of carbonyl (C=O) groups excluding carboxylic acids is 1. The zero-order chi connectivity index (χ0) is 16.5. The van der Waals surface area contributed by atoms with Gasteiger partial charge < -0.3 is 4.90 Å². The number of hydrogen-bond donors (Lipinski definition) is 0. The Bertz CT molecular complexity index is 736. The minimum Gasteiger partial charge on any atom is -0.339 e. The number of carbonyl (C=O) groups is 1. The molecule has 0 unspecified atom stereocenters. The van der Waals surface area contributed by atoms with Crippen molar-refractivity contribution in [2.24, 2.45) is 0 Å². The lowest BCUT2D eigenvalue weighted by molar-refractivity contribution is 0.0600. The van der Waals surface area contributed by atoms with Gasteiger partial charge in [0.15, 0.2) is 0 Å². The van der Waals surface area contributed by atoms with Gasteiger partial charge in [0, 0.05) is 42.7 Å². The van der Waals surface area contributed by atoms with Gasteiger partial charge in [-0.15, -0.1) is 11.3 Å². The predicted octanol–water partition coefficient (Wildman–Crippen LogP) is 3.55. The Hall–Kier alpha value is -1.72. The van der Waals surface area contributed by atoms with Crippen LogP contribution in [-0.4, -0.2) is 41.4 Å². The lowest BCUT2D eigenvalue weighted by Crippen LogP contribution is -2.47. The van der Waals surface area contributed by atoms with Crippen molar-refractivity contribution in [3.05, 3.63) is 57.5 Å². The fourth-order valence-corrected chi connectivity index (χ4v) is 4.71. The number of thiophene rings is 1. The third kappa shape index (κ3) is 3.10. The van der Waals surface area contributed by atoms with E-state index in [1.54, 1.807) is 12.1 Å². The standard InChI is InChI=1S/C19H21FN2OS/c20-16-3-1-2-14(12-16)19(23)21-8-4-17(5-9-21)22-10-6-18-15(13-22)7-11-24-18/h1-3,7,11-12,17H,4-6,8-10,13H2. The van der Waals surface area contributed by atoms with E-state index >= 15 is 0 Å². The van der Waals surface area contributed by atoms with Gasteiger partial charge in [-0.1, -0.05) is 6.07 Å². The van der Waals surface area contributed by atoms with Gasteiger partial charge in [0.2, 0.25) is 0 Å². The molecule has 2 aliphatic heterocycles. The highest BCUT2D eigenvalue weighted by atomic mass is 32.1. The van der Waals surface area contributed by atoms with Crippen LogP contribution in [0.15, 0.2) is 35.7 Å². The van der Waals surface area contributed by atoms with E-state index in [0.717, 1.165) is 45.4 Å². The molecule has 3 nitrogen and oxygen atoms in total. The molecule has 5 heteroatoms. The summed E-state index contributed by atoms with van der Waals surface area (Å²) in [5, 5.41) is 2.19. The van der Waals surface area contributed by atoms with E-state index in [9.17, 15) is 9.18 Å². The first kappa shape index (κ1) is 15.8. The van der Waals surface area contributed by atoms with Crippen LogP contribution in [0.25, 0.3) is 0 Å². The van der Waals surface area contributed by atoms with Crippen molar-refractivity contribution in [2.45, 2.75) is 31.8 Å². The zero-order valence-corrected chi connectivity index (χ0v) is 14.4. The summed E-state index contributed by atoms with van der Waals surface area (Å²) in [5.74, 6) is -0.401. The number of halogens is 1. The fraction of sp³-hybridized carbons (Fsp3) is 0.421. The quantitative estimate of drug-likeness (QED) is 0.832. The predicted molar refractivity (Wildman–Crippen MR) is 93.8 cm³/mol. The van der Waals surface area contributed by atoms with Crippen LogP contribution in [0.1, 0.15) is 33.6 Å². The first-order valence-electron chi connectivity index (χ1n) is 8.55. The molecule has 1 amide bonds. The van der Waals surface area contributed by atoms with E-state index in [1.807, 2.05) is 16.2 Å². The largest absolute Gasteiger partial charge is 0.339 e. The first-order valence-corrected chi connectivity index (χ1v) is 9.43. The van der Waals surface area contributed by atoms with Crippen molar-refractivity contribution in [2.75, 3.05) is 19.6 Å². The lowest BCUT2D eigenvalue weighted by Gasteiger charge is -2.40. The van der Waals surface area contributed by atoms with E-state index in [-0.39, 0.29) is 11.7 Å². The van der Waals surface area contributed by atoms with Gasteiger partial charge >= 0.3 is 0 Å². The normalized spacial score (nSPS) is 19.3. The number of rotatable bonds is 2. The molecule has 24 heavy (non-hydrogen) atoms. The summed E-state index contributed by atoms with van der Waals surface area (Å²) in [6.07, 6.45) is 3.15. The van der Waals surface area contributed by atoms with Gasteiger partial charge in [-0.05, 0) is 54.5 Å². The van der Waals surface area contributed by atoms with Crippen LogP contribution in [0.5, 0.6) is 0 Å². The molecule has 2 aliphatic rings. The number of hydrogen-bond acceptors (Lipinski definition) is 3. The number of likely N-dealkylation sites (tertiary alicyclic amines) is 1. The molecule has 1 aromatic carbocycles. The Kier molecular flexibility index (Phi) is 4.37. The topological polar surface area (TPSA) is 23.6 Å². The van der Waals surface area contributed by atoms with Crippen molar-refractivity contribution < 1.29 is 9.18 Å². The first-order chi connectivity index (χ1) is 11.7. The Balaban J connectivity index is 1.36. The van der Waals surface area contributed by atoms with E-state index in [0.29, 0.717) is 11.6 Å². The number of benzene rings is 1. The average Bonchev–Trinajstić information content (AvgIpc) is 3.09. The second-order valence-corrected chi connectivity index (χ2v) is 7.62. The highest BCUT2D eigenvalue weighted by molar-refractivity contribution is 7.10. The minimum atomic E-state index is -0.351. The van der Waals surface area contributed by atoms with E-state index in [4.69, 9.17) is 0 Å². The van der Waals surface area contributed by atoms with Gasteiger partial charge in [-0.2, -0.15) is 0 Å². The van der Waals surface area contributed by atoms with E-state index < -0.39 is 0 Å². The molecule has 0 atom stereocenters. The smallest absolute Gasteiger partial charge is 0.253 e. The summed E-state index contributed by atoms with van der Waals surface area (Å²) in [6, 6.07) is 8.79. The Morgan fingerprint density at radius 2 is 2.00 bits per heavy atom. The molecule has 2 aromatic rings. The number of nitrogens with zero attached hydrogens (tertiary/aromatic N) is 2. The Morgan fingerprint density at radius 1 is 1.17 bits per heavy atom. The molecule has 1 saturated heterocycles. The zero-order valence-electron chi connectivity index (χ0n) is 13.6. The molecule has 0 bridgehead atoms. The fourth-order valence-electron chi connectivity index (χ4n) is 3.82. The molecule has 0 aliphatic carbocycles. The molecule has 0 saturated carbocycles. The summed E-state index contributed by atoms with van der Waals surface area (Å²) in [5.41, 5.74) is 1.93. The Labute approximate surface area is 145 Å². The summed E-state index contributed by atoms with van der Waals surface area (Å²) in [4.78, 5) is 18.5. The average molecular weight is 344 g/mol. The molecular formula is C19H21FN2OS. The van der Waals surface area contributed by atoms with Crippen molar-refractivity contribution >= 4 is 17.2 Å². The van der Waals surface area contributed by atoms with Crippen molar-refractivity contribution in [3.63, 3.8) is 0 Å². The maximum absolute atomic E-state index is 13.3. The van der Waals surface area contributed by atoms with E-state index in [1.165, 1.54) is 22.6 Å². The third-order valence-electron chi connectivity index (χ3n) is 5.18. The van der Waals surface area contributed by atoms with Gasteiger partial charge in [0.25, 0.3) is 5.91 Å². The molecule has 3 heterocycles. The van der Waals surface area contributed by atoms with Crippen LogP contribution in [0.3, 0.4) is 0 Å². The van der Waals surface area contributed by atoms with Crippen LogP contribution < -0.4 is 0 Å². The van der Waals surface area contributed by atoms with Gasteiger partial charge in [0.05, 0.1) is 0 Å². The monoisotopic (exact) mass is 344 g/mol. The minimum absolute atomic E-state index is 0.0493. The van der Waals surface area contributed by atoms with Gasteiger partial charge in [-0.3, -0.25) is 9.69 Å². The highest BCUT2D eigenvalue weighted by Crippen LogP contribution is 2.28. The van der Waals surface area contributed by atoms with Crippen LogP contribution in [-0.2, 0) is 13.0 Å². The molecule has 126 valence electrons. The van der Waals surface area contributed by atoms with Crippen LogP contribution >= 0.6 is 11.3 Å². The van der Waals surface area contributed by atoms with E-state index in [2.05, 4.69) is 16.3 Å². The summed E-state index contributed by atoms with van der Waals surface area (Å²) in [7, 11) is 0. The number of piperidine rings is 1. The van der Waals surface area contributed by atoms with Crippen molar-refractivity contribution in [1.82, 2.24) is 9.80 Å². The molecule has 0 radical (unpaired) electrons. The second kappa shape index (κ2) is 6.65. The lowest BCUT2D eigenvalue weighted by atomic mass is 9.99. The summed E-state index contributed by atoms with van der Waals surface area (Å²) >= 11 is 1.87. The maximum Gasteiger partial charge on any atom is 0.253 e. The van der Waals surface area contributed by atoms with Gasteiger partial charge in [-0.25, -0.2) is 4.39 Å². The van der Waals surface area contributed by atoms with Gasteiger partial charge in [0.1, 0.15) is 5.82 Å². The SMILES string of the molecule is O=C(c1cccc(F)c1)N1CCC(N2CCc3sccc3C2)CC1. The molecule has 1 aromatic heterocycles.